The number of rotatable bonds is 4. The minimum atomic E-state index is -0.0739. The zero-order valence-electron chi connectivity index (χ0n) is 12.2. The maximum atomic E-state index is 13.7. The van der Waals surface area contributed by atoms with E-state index in [-0.39, 0.29) is 5.82 Å². The summed E-state index contributed by atoms with van der Waals surface area (Å²) in [6, 6.07) is 11.3. The van der Waals surface area contributed by atoms with Crippen molar-refractivity contribution < 1.29 is 14.2 Å². The molecule has 0 unspecified atom stereocenters. The normalized spacial score (nSPS) is 22.1. The van der Waals surface area contributed by atoms with Crippen molar-refractivity contribution in [2.24, 2.45) is 0 Å². The van der Waals surface area contributed by atoms with Crippen molar-refractivity contribution in [3.8, 4) is 0 Å². The predicted octanol–water partition coefficient (Wildman–Crippen LogP) is -0.296. The fraction of sp³-hybridized carbons (Fsp3) is 0.353. The van der Waals surface area contributed by atoms with Crippen molar-refractivity contribution >= 4 is 0 Å². The number of piperazine rings is 1. The second-order valence-electron chi connectivity index (χ2n) is 5.81. The zero-order chi connectivity index (χ0) is 14.5. The highest BCUT2D eigenvalue weighted by Crippen LogP contribution is 2.04. The van der Waals surface area contributed by atoms with Crippen LogP contribution in [0.3, 0.4) is 0 Å². The van der Waals surface area contributed by atoms with Crippen LogP contribution >= 0.6 is 0 Å². The van der Waals surface area contributed by atoms with Crippen LogP contribution in [0.25, 0.3) is 0 Å². The molecule has 0 amide bonds. The molecule has 1 fully saturated rings. The molecule has 4 heteroatoms. The lowest BCUT2D eigenvalue weighted by Gasteiger charge is -2.29. The molecule has 1 aliphatic heterocycles. The average molecular weight is 287 g/mol. The van der Waals surface area contributed by atoms with E-state index in [1.54, 1.807) is 17.0 Å². The third kappa shape index (κ3) is 3.86. The number of aromatic nitrogens is 1. The summed E-state index contributed by atoms with van der Waals surface area (Å²) in [4.78, 5) is 7.25. The SMILES string of the molecule is Fc1ccccc1C[NH+]1CC[NH+](Cc2cccnc2)CC1. The van der Waals surface area contributed by atoms with Crippen molar-refractivity contribution in [1.29, 1.82) is 0 Å². The van der Waals surface area contributed by atoms with Gasteiger partial charge < -0.3 is 9.80 Å². The maximum Gasteiger partial charge on any atom is 0.132 e. The molecule has 21 heavy (non-hydrogen) atoms. The highest BCUT2D eigenvalue weighted by Gasteiger charge is 2.23. The molecule has 2 N–H and O–H groups in total. The van der Waals surface area contributed by atoms with Crippen LogP contribution in [-0.4, -0.2) is 31.2 Å². The molecule has 1 aromatic carbocycles. The first kappa shape index (κ1) is 14.2. The van der Waals surface area contributed by atoms with E-state index in [1.165, 1.54) is 10.5 Å². The Morgan fingerprint density at radius 3 is 2.29 bits per heavy atom. The minimum absolute atomic E-state index is 0.0739. The molecule has 2 aromatic rings. The summed E-state index contributed by atoms with van der Waals surface area (Å²) < 4.78 is 13.7. The van der Waals surface area contributed by atoms with Crippen molar-refractivity contribution in [3.05, 3.63) is 65.7 Å². The van der Waals surface area contributed by atoms with Gasteiger partial charge in [0.05, 0.1) is 0 Å². The molecule has 2 heterocycles. The van der Waals surface area contributed by atoms with Crippen LogP contribution in [0.1, 0.15) is 11.1 Å². The molecule has 110 valence electrons. The molecule has 0 bridgehead atoms. The standard InChI is InChI=1S/C17H20FN3/c18-17-6-2-1-5-16(17)14-21-10-8-20(9-11-21)13-15-4-3-7-19-12-15/h1-7,12H,8-11,13-14H2/p+2. The Morgan fingerprint density at radius 1 is 0.905 bits per heavy atom. The first-order chi connectivity index (χ1) is 10.3. The Hall–Kier alpha value is -1.78. The lowest BCUT2D eigenvalue weighted by Crippen LogP contribution is -3.27. The van der Waals surface area contributed by atoms with Crippen molar-refractivity contribution in [1.82, 2.24) is 4.98 Å². The number of quaternary nitrogens is 2. The van der Waals surface area contributed by atoms with Gasteiger partial charge in [-0.3, -0.25) is 4.98 Å². The first-order valence-electron chi connectivity index (χ1n) is 7.61. The summed E-state index contributed by atoms with van der Waals surface area (Å²) in [7, 11) is 0. The van der Waals surface area contributed by atoms with Gasteiger partial charge in [-0.25, -0.2) is 4.39 Å². The first-order valence-corrected chi connectivity index (χ1v) is 7.61. The van der Waals surface area contributed by atoms with E-state index in [0.29, 0.717) is 0 Å². The number of nitrogens with one attached hydrogen (secondary N) is 2. The van der Waals surface area contributed by atoms with E-state index in [9.17, 15) is 4.39 Å². The number of hydrogen-bond donors (Lipinski definition) is 2. The predicted molar refractivity (Wildman–Crippen MR) is 79.4 cm³/mol. The fourth-order valence-electron chi connectivity index (χ4n) is 3.01. The highest BCUT2D eigenvalue weighted by molar-refractivity contribution is 5.15. The zero-order valence-corrected chi connectivity index (χ0v) is 12.2. The molecular formula is C17H22FN3+2. The number of nitrogens with zero attached hydrogens (tertiary/aromatic N) is 1. The monoisotopic (exact) mass is 287 g/mol. The van der Waals surface area contributed by atoms with Gasteiger partial charge in [-0.05, 0) is 12.1 Å². The van der Waals surface area contributed by atoms with Gasteiger partial charge in [-0.2, -0.15) is 0 Å². The molecule has 3 nitrogen and oxygen atoms in total. The highest BCUT2D eigenvalue weighted by atomic mass is 19.1. The number of hydrogen-bond acceptors (Lipinski definition) is 1. The summed E-state index contributed by atoms with van der Waals surface area (Å²) in [5.74, 6) is -0.0739. The van der Waals surface area contributed by atoms with Crippen LogP contribution in [0.5, 0.6) is 0 Å². The molecule has 0 saturated carbocycles. The van der Waals surface area contributed by atoms with Crippen molar-refractivity contribution in [2.75, 3.05) is 26.2 Å². The summed E-state index contributed by atoms with van der Waals surface area (Å²) in [5.41, 5.74) is 2.13. The van der Waals surface area contributed by atoms with Gasteiger partial charge in [-0.15, -0.1) is 0 Å². The van der Waals surface area contributed by atoms with Crippen LogP contribution in [0.4, 0.5) is 4.39 Å². The molecule has 3 rings (SSSR count). The lowest BCUT2D eigenvalue weighted by molar-refractivity contribution is -1.02. The molecule has 1 saturated heterocycles. The van der Waals surface area contributed by atoms with E-state index in [2.05, 4.69) is 11.1 Å². The summed E-state index contributed by atoms with van der Waals surface area (Å²) >= 11 is 0. The Kier molecular flexibility index (Phi) is 4.58. The Bertz CT molecular complexity index is 565. The third-order valence-electron chi connectivity index (χ3n) is 4.24. The van der Waals surface area contributed by atoms with Gasteiger partial charge in [-0.1, -0.05) is 24.3 Å². The van der Waals surface area contributed by atoms with Gasteiger partial charge in [0.2, 0.25) is 0 Å². The van der Waals surface area contributed by atoms with Crippen LogP contribution in [0, 0.1) is 5.82 Å². The molecule has 1 aromatic heterocycles. The largest absolute Gasteiger partial charge is 0.322 e. The van der Waals surface area contributed by atoms with Crippen LogP contribution in [0.15, 0.2) is 48.8 Å². The second-order valence-corrected chi connectivity index (χ2v) is 5.81. The third-order valence-corrected chi connectivity index (χ3v) is 4.24. The Labute approximate surface area is 125 Å². The van der Waals surface area contributed by atoms with Crippen molar-refractivity contribution in [3.63, 3.8) is 0 Å². The molecular weight excluding hydrogens is 265 g/mol. The van der Waals surface area contributed by atoms with Crippen molar-refractivity contribution in [2.45, 2.75) is 13.1 Å². The summed E-state index contributed by atoms with van der Waals surface area (Å²) in [6.07, 6.45) is 3.76. The van der Waals surface area contributed by atoms with E-state index in [1.807, 2.05) is 30.6 Å². The van der Waals surface area contributed by atoms with E-state index in [4.69, 9.17) is 0 Å². The molecule has 0 spiro atoms. The number of benzene rings is 1. The van der Waals surface area contributed by atoms with Crippen LogP contribution < -0.4 is 9.80 Å². The topological polar surface area (TPSA) is 21.8 Å². The quantitative estimate of drug-likeness (QED) is 0.792. The fourth-order valence-corrected chi connectivity index (χ4v) is 3.01. The minimum Gasteiger partial charge on any atom is -0.322 e. The molecule has 1 aliphatic rings. The second kappa shape index (κ2) is 6.78. The van der Waals surface area contributed by atoms with Gasteiger partial charge in [0, 0.05) is 23.5 Å². The van der Waals surface area contributed by atoms with Gasteiger partial charge in [0.1, 0.15) is 45.1 Å². The summed E-state index contributed by atoms with van der Waals surface area (Å²) in [5, 5.41) is 0. The average Bonchev–Trinajstić information content (AvgIpc) is 2.52. The molecule has 0 radical (unpaired) electrons. The van der Waals surface area contributed by atoms with E-state index in [0.717, 1.165) is 44.8 Å². The van der Waals surface area contributed by atoms with E-state index < -0.39 is 0 Å². The Morgan fingerprint density at radius 2 is 1.62 bits per heavy atom. The van der Waals surface area contributed by atoms with Gasteiger partial charge in [0.15, 0.2) is 0 Å². The molecule has 0 atom stereocenters. The van der Waals surface area contributed by atoms with Crippen LogP contribution in [-0.2, 0) is 13.1 Å². The number of halogens is 1. The van der Waals surface area contributed by atoms with Crippen LogP contribution in [0.2, 0.25) is 0 Å². The van der Waals surface area contributed by atoms with Gasteiger partial charge in [0.25, 0.3) is 0 Å². The Balaban J connectivity index is 1.50. The van der Waals surface area contributed by atoms with E-state index >= 15 is 0 Å². The number of pyridine rings is 1. The molecule has 0 aliphatic carbocycles. The van der Waals surface area contributed by atoms with Gasteiger partial charge >= 0.3 is 0 Å². The maximum absolute atomic E-state index is 13.7. The smallest absolute Gasteiger partial charge is 0.132 e. The lowest BCUT2D eigenvalue weighted by atomic mass is 10.1. The summed E-state index contributed by atoms with van der Waals surface area (Å²) in [6.45, 7) is 6.32.